The van der Waals surface area contributed by atoms with Gasteiger partial charge in [0.2, 0.25) is 0 Å². The Kier molecular flexibility index (Phi) is 2.91. The van der Waals surface area contributed by atoms with E-state index < -0.39 is 0 Å². The lowest BCUT2D eigenvalue weighted by molar-refractivity contribution is -0.0135. The van der Waals surface area contributed by atoms with Crippen molar-refractivity contribution < 1.29 is 0 Å². The van der Waals surface area contributed by atoms with Gasteiger partial charge in [-0.1, -0.05) is 26.8 Å². The molecule has 4 atom stereocenters. The van der Waals surface area contributed by atoms with E-state index in [1.807, 2.05) is 11.3 Å². The predicted molar refractivity (Wildman–Crippen MR) is 67.5 cm³/mol. The maximum absolute atomic E-state index is 3.49. The number of rotatable bonds is 3. The van der Waals surface area contributed by atoms with E-state index in [-0.39, 0.29) is 0 Å². The lowest BCUT2D eigenvalue weighted by Gasteiger charge is -2.59. The van der Waals surface area contributed by atoms with E-state index in [1.54, 1.807) is 4.88 Å². The third-order valence-corrected chi connectivity index (χ3v) is 5.35. The van der Waals surface area contributed by atoms with Gasteiger partial charge in [0.15, 0.2) is 0 Å². The van der Waals surface area contributed by atoms with E-state index in [0.717, 1.165) is 11.8 Å². The van der Waals surface area contributed by atoms with Crippen LogP contribution >= 0.6 is 11.3 Å². The summed E-state index contributed by atoms with van der Waals surface area (Å²) in [5.74, 6) is 1.51. The summed E-state index contributed by atoms with van der Waals surface area (Å²) >= 11 is 1.91. The molecule has 1 heterocycles. The second kappa shape index (κ2) is 3.91. The number of thiophene rings is 1. The van der Waals surface area contributed by atoms with Crippen LogP contribution in [0.3, 0.4) is 0 Å². The number of nitrogens with one attached hydrogen (secondary N) is 1. The molecule has 1 aromatic rings. The summed E-state index contributed by atoms with van der Waals surface area (Å²) in [4.78, 5) is 1.57. The smallest absolute Gasteiger partial charge is 0.0156 e. The van der Waals surface area contributed by atoms with Gasteiger partial charge in [0.05, 0.1) is 0 Å². The molecule has 4 unspecified atom stereocenters. The third-order valence-electron chi connectivity index (χ3n) is 4.40. The molecular weight excluding hydrogens is 202 g/mol. The Hall–Kier alpha value is -0.340. The lowest BCUT2D eigenvalue weighted by atomic mass is 9.50. The normalized spacial score (nSPS) is 40.1. The van der Waals surface area contributed by atoms with Crippen LogP contribution in [-0.4, -0.2) is 13.1 Å². The zero-order valence-corrected chi connectivity index (χ0v) is 10.9. The van der Waals surface area contributed by atoms with Gasteiger partial charge in [-0.05, 0) is 36.2 Å². The molecule has 0 spiro atoms. The van der Waals surface area contributed by atoms with Gasteiger partial charge in [0, 0.05) is 16.8 Å². The Bertz CT molecular complexity index is 319. The highest BCUT2D eigenvalue weighted by molar-refractivity contribution is 7.10. The van der Waals surface area contributed by atoms with Crippen LogP contribution in [0.2, 0.25) is 0 Å². The van der Waals surface area contributed by atoms with Crippen molar-refractivity contribution >= 4 is 11.3 Å². The first-order chi connectivity index (χ1) is 7.15. The maximum atomic E-state index is 3.49. The highest BCUT2D eigenvalue weighted by atomic mass is 32.1. The van der Waals surface area contributed by atoms with Crippen LogP contribution < -0.4 is 5.32 Å². The summed E-state index contributed by atoms with van der Waals surface area (Å²) in [5.41, 5.74) is 0.443. The summed E-state index contributed by atoms with van der Waals surface area (Å²) in [6.45, 7) is 7.12. The van der Waals surface area contributed by atoms with Crippen molar-refractivity contribution in [1.29, 1.82) is 0 Å². The highest BCUT2D eigenvalue weighted by Crippen LogP contribution is 2.59. The largest absolute Gasteiger partial charge is 0.316 e. The molecule has 2 heteroatoms. The number of hydrogen-bond acceptors (Lipinski definition) is 2. The Morgan fingerprint density at radius 1 is 1.53 bits per heavy atom. The Balaban J connectivity index is 2.26. The van der Waals surface area contributed by atoms with Crippen LogP contribution in [-0.2, 0) is 0 Å². The molecule has 1 nitrogen and oxygen atoms in total. The number of hydrogen-bond donors (Lipinski definition) is 1. The summed E-state index contributed by atoms with van der Waals surface area (Å²) in [7, 11) is 2.10. The fourth-order valence-electron chi connectivity index (χ4n) is 3.55. The van der Waals surface area contributed by atoms with Gasteiger partial charge in [-0.15, -0.1) is 11.3 Å². The molecule has 1 aliphatic rings. The van der Waals surface area contributed by atoms with Gasteiger partial charge in [-0.3, -0.25) is 0 Å². The molecule has 0 bridgehead atoms. The van der Waals surface area contributed by atoms with Gasteiger partial charge < -0.3 is 5.32 Å². The Morgan fingerprint density at radius 2 is 2.27 bits per heavy atom. The topological polar surface area (TPSA) is 12.0 Å². The maximum Gasteiger partial charge on any atom is 0.0156 e. The Morgan fingerprint density at radius 3 is 2.73 bits per heavy atom. The van der Waals surface area contributed by atoms with Crippen molar-refractivity contribution in [3.63, 3.8) is 0 Å². The van der Waals surface area contributed by atoms with E-state index >= 15 is 0 Å². The second-order valence-electron chi connectivity index (χ2n) is 4.98. The van der Waals surface area contributed by atoms with Crippen molar-refractivity contribution in [2.45, 2.75) is 39.2 Å². The quantitative estimate of drug-likeness (QED) is 0.827. The minimum Gasteiger partial charge on any atom is -0.316 e. The molecule has 1 fully saturated rings. The van der Waals surface area contributed by atoms with Crippen LogP contribution in [0.5, 0.6) is 0 Å². The highest BCUT2D eigenvalue weighted by Gasteiger charge is 2.55. The minimum atomic E-state index is 0.443. The van der Waals surface area contributed by atoms with E-state index in [0.29, 0.717) is 11.5 Å². The van der Waals surface area contributed by atoms with E-state index in [1.165, 1.54) is 6.42 Å². The molecule has 84 valence electrons. The molecule has 1 aromatic heterocycles. The standard InChI is InChI=1S/C13H21NS/c1-5-13(3)11(9(2)12(13)14-4)10-7-6-8-15-10/h6-9,11-12,14H,5H2,1-4H3. The first-order valence-electron chi connectivity index (χ1n) is 5.85. The molecule has 0 saturated heterocycles. The predicted octanol–water partition coefficient (Wildman–Crippen LogP) is 3.49. The first-order valence-corrected chi connectivity index (χ1v) is 6.73. The van der Waals surface area contributed by atoms with Gasteiger partial charge >= 0.3 is 0 Å². The van der Waals surface area contributed by atoms with Crippen molar-refractivity contribution in [3.05, 3.63) is 22.4 Å². The van der Waals surface area contributed by atoms with Crippen molar-refractivity contribution in [1.82, 2.24) is 5.32 Å². The summed E-state index contributed by atoms with van der Waals surface area (Å²) < 4.78 is 0. The van der Waals surface area contributed by atoms with Crippen LogP contribution in [0.4, 0.5) is 0 Å². The molecule has 15 heavy (non-hydrogen) atoms. The van der Waals surface area contributed by atoms with Crippen LogP contribution in [0.15, 0.2) is 17.5 Å². The molecule has 1 N–H and O–H groups in total. The average molecular weight is 223 g/mol. The van der Waals surface area contributed by atoms with Gasteiger partial charge in [0.1, 0.15) is 0 Å². The van der Waals surface area contributed by atoms with Gasteiger partial charge in [-0.25, -0.2) is 0 Å². The molecule has 0 aromatic carbocycles. The van der Waals surface area contributed by atoms with Gasteiger partial charge in [-0.2, -0.15) is 0 Å². The van der Waals surface area contributed by atoms with Crippen LogP contribution in [0, 0.1) is 11.3 Å². The Labute approximate surface area is 96.9 Å². The van der Waals surface area contributed by atoms with Crippen molar-refractivity contribution in [2.24, 2.45) is 11.3 Å². The molecule has 1 aliphatic carbocycles. The van der Waals surface area contributed by atoms with E-state index in [4.69, 9.17) is 0 Å². The molecule has 1 saturated carbocycles. The average Bonchev–Trinajstić information content (AvgIpc) is 2.71. The SMILES string of the molecule is CCC1(C)C(NC)C(C)C1c1cccs1. The van der Waals surface area contributed by atoms with Crippen molar-refractivity contribution in [3.8, 4) is 0 Å². The molecular formula is C13H21NS. The summed E-state index contributed by atoms with van der Waals surface area (Å²) in [5, 5.41) is 5.69. The minimum absolute atomic E-state index is 0.443. The summed E-state index contributed by atoms with van der Waals surface area (Å²) in [6, 6.07) is 5.15. The van der Waals surface area contributed by atoms with Crippen LogP contribution in [0.1, 0.15) is 38.0 Å². The van der Waals surface area contributed by atoms with E-state index in [2.05, 4.69) is 50.6 Å². The molecule has 2 rings (SSSR count). The molecule has 0 radical (unpaired) electrons. The molecule has 0 aliphatic heterocycles. The fraction of sp³-hybridized carbons (Fsp3) is 0.692. The molecule has 0 amide bonds. The third kappa shape index (κ3) is 1.46. The fourth-order valence-corrected chi connectivity index (χ4v) is 4.66. The monoisotopic (exact) mass is 223 g/mol. The van der Waals surface area contributed by atoms with Crippen molar-refractivity contribution in [2.75, 3.05) is 7.05 Å². The zero-order valence-electron chi connectivity index (χ0n) is 10.1. The zero-order chi connectivity index (χ0) is 11.1. The lowest BCUT2D eigenvalue weighted by Crippen LogP contribution is -2.61. The van der Waals surface area contributed by atoms with Crippen LogP contribution in [0.25, 0.3) is 0 Å². The van der Waals surface area contributed by atoms with Gasteiger partial charge in [0.25, 0.3) is 0 Å². The van der Waals surface area contributed by atoms with E-state index in [9.17, 15) is 0 Å². The summed E-state index contributed by atoms with van der Waals surface area (Å²) in [6.07, 6.45) is 1.26. The first kappa shape index (κ1) is 11.2. The second-order valence-corrected chi connectivity index (χ2v) is 5.96.